The van der Waals surface area contributed by atoms with Crippen LogP contribution in [0, 0.1) is 30.6 Å². The minimum absolute atomic E-state index is 0.0665. The number of esters is 3. The van der Waals surface area contributed by atoms with Crippen molar-refractivity contribution in [2.45, 2.75) is 133 Å². The molecule has 0 saturated heterocycles. The summed E-state index contributed by atoms with van der Waals surface area (Å²) < 4.78 is 33.5. The standard InChI is InChI=1S/C28H33O3S.C26H29O3S.C25H27O3S/c1-6-28(4,5)27(29)31-18-17-30-26-21(2)19-25(20-22(26)3)32(23-13-9-7-10-14-23)24-15-11-8-12-16-24;1-4-26(2,3)25(27)29-20-19-28-21-15-17-24(18-16-21)30(22-11-7-5-8-12-22)23-13-9-6-10-14-23;1-3-20(2)25(26)28-19-18-27-21-14-16-24(17-15-21)29(22-10-6-4-7-11-22)23-12-8-5-9-13-23/h7-16,19-20H,6,17-18H2,1-5H3;5-18H,4,19-20H2,1-3H3;4-17,20H,3,18-19H2,1-2H3/q3*+1. The van der Waals surface area contributed by atoms with E-state index in [0.29, 0.717) is 19.8 Å². The summed E-state index contributed by atoms with van der Waals surface area (Å²) in [6, 6.07) is 84.3. The van der Waals surface area contributed by atoms with Gasteiger partial charge in [-0.15, -0.1) is 0 Å². The summed E-state index contributed by atoms with van der Waals surface area (Å²) in [7, 11) is -0.533. The van der Waals surface area contributed by atoms with Crippen molar-refractivity contribution < 1.29 is 42.8 Å². The van der Waals surface area contributed by atoms with Gasteiger partial charge in [0.05, 0.1) is 49.4 Å². The van der Waals surface area contributed by atoms with Gasteiger partial charge in [0.1, 0.15) is 56.9 Å². The first-order valence-corrected chi connectivity index (χ1v) is 34.9. The van der Waals surface area contributed by atoms with Crippen molar-refractivity contribution in [1.29, 1.82) is 0 Å². The molecule has 1 unspecified atom stereocenters. The number of hydrogen-bond donors (Lipinski definition) is 0. The van der Waals surface area contributed by atoms with Gasteiger partial charge in [-0.25, -0.2) is 0 Å². The van der Waals surface area contributed by atoms with E-state index >= 15 is 0 Å². The highest BCUT2D eigenvalue weighted by Crippen LogP contribution is 2.37. The largest absolute Gasteiger partial charge is 0.490 e. The summed E-state index contributed by atoms with van der Waals surface area (Å²) in [4.78, 5) is 47.3. The Hall–Kier alpha value is -8.16. The van der Waals surface area contributed by atoms with Crippen molar-refractivity contribution >= 4 is 50.6 Å². The predicted octanol–water partition coefficient (Wildman–Crippen LogP) is 18.6. The monoisotopic (exact) mass is 1280 g/mol. The lowest BCUT2D eigenvalue weighted by Gasteiger charge is -2.20. The second kappa shape index (κ2) is 36.0. The van der Waals surface area contributed by atoms with Gasteiger partial charge in [0.2, 0.25) is 0 Å². The van der Waals surface area contributed by atoms with Crippen molar-refractivity contribution in [3.05, 3.63) is 254 Å². The number of rotatable bonds is 27. The van der Waals surface area contributed by atoms with Crippen LogP contribution in [0.4, 0.5) is 0 Å². The van der Waals surface area contributed by atoms with Crippen LogP contribution in [0.25, 0.3) is 0 Å². The fourth-order valence-electron chi connectivity index (χ4n) is 9.03. The summed E-state index contributed by atoms with van der Waals surface area (Å²) in [5, 5.41) is 0. The van der Waals surface area contributed by atoms with Crippen LogP contribution in [0.5, 0.6) is 17.2 Å². The summed E-state index contributed by atoms with van der Waals surface area (Å²) in [6.45, 7) is 21.4. The van der Waals surface area contributed by atoms with E-state index in [1.165, 1.54) is 44.1 Å². The Morgan fingerprint density at radius 3 is 0.901 bits per heavy atom. The molecule has 0 aliphatic carbocycles. The summed E-state index contributed by atoms with van der Waals surface area (Å²) in [5.74, 6) is 1.82. The Bertz CT molecular complexity index is 3450. The molecular formula is C79H89O9S3+3. The van der Waals surface area contributed by atoms with Crippen molar-refractivity contribution in [1.82, 2.24) is 0 Å². The summed E-state index contributed by atoms with van der Waals surface area (Å²) in [6.07, 6.45) is 2.28. The second-order valence-electron chi connectivity index (χ2n) is 22.9. The number of ether oxygens (including phenoxy) is 6. The third kappa shape index (κ3) is 21.2. The van der Waals surface area contributed by atoms with Crippen LogP contribution in [-0.4, -0.2) is 57.5 Å². The molecule has 474 valence electrons. The highest BCUT2D eigenvalue weighted by atomic mass is 32.2. The molecule has 0 aliphatic rings. The molecule has 0 heterocycles. The molecule has 1 atom stereocenters. The molecule has 0 amide bonds. The smallest absolute Gasteiger partial charge is 0.311 e. The van der Waals surface area contributed by atoms with Crippen LogP contribution in [-0.2, 0) is 61.3 Å². The van der Waals surface area contributed by atoms with Gasteiger partial charge in [0, 0.05) is 12.1 Å². The number of aryl methyl sites for hydroxylation is 2. The molecule has 9 aromatic carbocycles. The molecule has 0 aliphatic heterocycles. The maximum absolute atomic E-state index is 12.2. The van der Waals surface area contributed by atoms with Crippen LogP contribution >= 0.6 is 0 Å². The SMILES string of the molecule is CCC(C)(C)C(=O)OCCOc1c(C)cc([S+](c2ccccc2)c2ccccc2)cc1C.CCC(C)(C)C(=O)OCCOc1ccc([S+](c2ccccc2)c2ccccc2)cc1.CCC(C)C(=O)OCCOc1ccc([S+](c2ccccc2)c2ccccc2)cc1. The molecule has 9 rings (SSSR count). The lowest BCUT2D eigenvalue weighted by molar-refractivity contribution is -0.155. The van der Waals surface area contributed by atoms with Gasteiger partial charge < -0.3 is 28.4 Å². The Balaban J connectivity index is 0.000000194. The van der Waals surface area contributed by atoms with Crippen LogP contribution < -0.4 is 14.2 Å². The number of carbonyl (C=O) groups is 3. The van der Waals surface area contributed by atoms with E-state index < -0.39 is 10.8 Å². The zero-order chi connectivity index (χ0) is 65.0. The first-order valence-electron chi connectivity index (χ1n) is 31.3. The van der Waals surface area contributed by atoms with Gasteiger partial charge in [-0.05, 0) is 193 Å². The molecular weight excluding hydrogens is 1190 g/mol. The average molecular weight is 1280 g/mol. The van der Waals surface area contributed by atoms with Crippen molar-refractivity contribution in [2.75, 3.05) is 39.6 Å². The van der Waals surface area contributed by atoms with Gasteiger partial charge in [-0.1, -0.05) is 137 Å². The third-order valence-electron chi connectivity index (χ3n) is 15.3. The average Bonchev–Trinajstić information content (AvgIpc) is 0.905. The molecule has 0 saturated carbocycles. The van der Waals surface area contributed by atoms with E-state index in [4.69, 9.17) is 28.4 Å². The second-order valence-corrected chi connectivity index (χ2v) is 29.0. The van der Waals surface area contributed by atoms with Crippen LogP contribution in [0.2, 0.25) is 0 Å². The molecule has 0 bridgehead atoms. The fraction of sp³-hybridized carbons (Fsp3) is 0.278. The van der Waals surface area contributed by atoms with Gasteiger partial charge in [-0.2, -0.15) is 0 Å². The fourth-order valence-corrected chi connectivity index (χ4v) is 15.5. The topological polar surface area (TPSA) is 107 Å². The van der Waals surface area contributed by atoms with E-state index in [2.05, 4.69) is 208 Å². The molecule has 0 spiro atoms. The first kappa shape index (κ1) is 70.3. The minimum atomic E-state index is -0.460. The molecule has 9 nitrogen and oxygen atoms in total. The van der Waals surface area contributed by atoms with Gasteiger partial charge >= 0.3 is 17.9 Å². The lowest BCUT2D eigenvalue weighted by Crippen LogP contribution is -2.27. The number of carbonyl (C=O) groups excluding carboxylic acids is 3. The van der Waals surface area contributed by atoms with Gasteiger partial charge in [0.15, 0.2) is 44.1 Å². The van der Waals surface area contributed by atoms with E-state index in [9.17, 15) is 14.4 Å². The molecule has 9 aromatic rings. The van der Waals surface area contributed by atoms with Gasteiger partial charge in [0.25, 0.3) is 0 Å². The lowest BCUT2D eigenvalue weighted by atomic mass is 9.91. The highest BCUT2D eigenvalue weighted by molar-refractivity contribution is 7.97. The quantitative estimate of drug-likeness (QED) is 0.0215. The van der Waals surface area contributed by atoms with Crippen LogP contribution in [0.15, 0.2) is 287 Å². The van der Waals surface area contributed by atoms with Gasteiger partial charge in [-0.3, -0.25) is 14.4 Å². The molecule has 0 radical (unpaired) electrons. The molecule has 91 heavy (non-hydrogen) atoms. The predicted molar refractivity (Wildman–Crippen MR) is 371 cm³/mol. The zero-order valence-electron chi connectivity index (χ0n) is 54.4. The van der Waals surface area contributed by atoms with E-state index in [0.717, 1.165) is 47.6 Å². The zero-order valence-corrected chi connectivity index (χ0v) is 56.9. The normalized spacial score (nSPS) is 11.5. The third-order valence-corrected chi connectivity index (χ3v) is 21.9. The Morgan fingerprint density at radius 1 is 0.352 bits per heavy atom. The maximum Gasteiger partial charge on any atom is 0.311 e. The molecule has 0 fully saturated rings. The first-order chi connectivity index (χ1) is 44.0. The number of benzene rings is 9. The van der Waals surface area contributed by atoms with Crippen LogP contribution in [0.3, 0.4) is 0 Å². The Kier molecular flexibility index (Phi) is 27.8. The van der Waals surface area contributed by atoms with E-state index in [1.54, 1.807) is 0 Å². The number of hydrogen-bond acceptors (Lipinski definition) is 9. The Morgan fingerprint density at radius 2 is 0.615 bits per heavy atom. The summed E-state index contributed by atoms with van der Waals surface area (Å²) in [5.41, 5.74) is 1.26. The van der Waals surface area contributed by atoms with Crippen molar-refractivity contribution in [3.8, 4) is 17.2 Å². The van der Waals surface area contributed by atoms with Crippen LogP contribution in [0.1, 0.15) is 85.8 Å². The molecule has 0 N–H and O–H groups in total. The molecule has 12 heteroatoms. The maximum atomic E-state index is 12.2. The van der Waals surface area contributed by atoms with Crippen molar-refractivity contribution in [3.63, 3.8) is 0 Å². The highest BCUT2D eigenvalue weighted by Gasteiger charge is 2.33. The minimum Gasteiger partial charge on any atom is -0.490 e. The van der Waals surface area contributed by atoms with Crippen molar-refractivity contribution in [2.24, 2.45) is 16.7 Å². The Labute approximate surface area is 549 Å². The summed E-state index contributed by atoms with van der Waals surface area (Å²) >= 11 is 0. The molecule has 0 aromatic heterocycles. The van der Waals surface area contributed by atoms with E-state index in [1.807, 2.05) is 104 Å². The van der Waals surface area contributed by atoms with E-state index in [-0.39, 0.29) is 76.3 Å².